The molecule has 2 N–H and O–H groups in total. The molecule has 0 aromatic heterocycles. The van der Waals surface area contributed by atoms with Crippen molar-refractivity contribution in [3.8, 4) is 0 Å². The Morgan fingerprint density at radius 1 is 1.19 bits per heavy atom. The highest BCUT2D eigenvalue weighted by Gasteiger charge is 2.32. The Kier molecular flexibility index (Phi) is 6.03. The van der Waals surface area contributed by atoms with E-state index in [1.165, 1.54) is 0 Å². The van der Waals surface area contributed by atoms with E-state index in [4.69, 9.17) is 11.6 Å². The van der Waals surface area contributed by atoms with Crippen molar-refractivity contribution in [3.63, 3.8) is 0 Å². The van der Waals surface area contributed by atoms with E-state index in [0.29, 0.717) is 0 Å². The highest BCUT2D eigenvalue weighted by atomic mass is 35.5. The normalized spacial score (nSPS) is 21.5. The minimum absolute atomic E-state index is 0.149. The zero-order valence-electron chi connectivity index (χ0n) is 12.7. The van der Waals surface area contributed by atoms with E-state index in [-0.39, 0.29) is 18.0 Å². The molecule has 0 saturated carbocycles. The summed E-state index contributed by atoms with van der Waals surface area (Å²) in [7, 11) is 0. The highest BCUT2D eigenvalue weighted by molar-refractivity contribution is 6.30. The Labute approximate surface area is 131 Å². The van der Waals surface area contributed by atoms with Gasteiger partial charge in [-0.3, -0.25) is 4.79 Å². The molecular formula is C16H24ClN3O. The second kappa shape index (κ2) is 7.78. The van der Waals surface area contributed by atoms with Gasteiger partial charge in [0.05, 0.1) is 0 Å². The summed E-state index contributed by atoms with van der Waals surface area (Å²) < 4.78 is 0. The van der Waals surface area contributed by atoms with E-state index in [0.717, 1.165) is 42.9 Å². The molecule has 2 atom stereocenters. The van der Waals surface area contributed by atoms with Crippen LogP contribution in [0.4, 0.5) is 0 Å². The molecule has 1 heterocycles. The van der Waals surface area contributed by atoms with Crippen molar-refractivity contribution in [3.05, 3.63) is 34.9 Å². The van der Waals surface area contributed by atoms with Gasteiger partial charge >= 0.3 is 0 Å². The van der Waals surface area contributed by atoms with E-state index in [1.807, 2.05) is 29.2 Å². The lowest BCUT2D eigenvalue weighted by Gasteiger charge is -2.24. The number of hydrogen-bond donors (Lipinski definition) is 2. The molecule has 1 aromatic carbocycles. The largest absolute Gasteiger partial charge is 0.341 e. The van der Waals surface area contributed by atoms with Crippen LogP contribution in [0.5, 0.6) is 0 Å². The molecule has 2 rings (SSSR count). The van der Waals surface area contributed by atoms with Crippen molar-refractivity contribution in [2.24, 2.45) is 0 Å². The fourth-order valence-corrected chi connectivity index (χ4v) is 2.85. The van der Waals surface area contributed by atoms with Crippen LogP contribution in [-0.2, 0) is 4.79 Å². The lowest BCUT2D eigenvalue weighted by molar-refractivity contribution is -0.133. The molecule has 0 spiro atoms. The van der Waals surface area contributed by atoms with Crippen LogP contribution in [0.15, 0.2) is 24.3 Å². The predicted octanol–water partition coefficient (Wildman–Crippen LogP) is 2.90. The van der Waals surface area contributed by atoms with Gasteiger partial charge in [-0.05, 0) is 37.0 Å². The molecule has 116 valence electrons. The number of hydrogen-bond acceptors (Lipinski definition) is 3. The molecule has 1 amide bonds. The molecule has 21 heavy (non-hydrogen) atoms. The number of rotatable bonds is 6. The maximum atomic E-state index is 12.6. The van der Waals surface area contributed by atoms with Crippen LogP contribution in [0.3, 0.4) is 0 Å². The van der Waals surface area contributed by atoms with Crippen LogP contribution in [-0.4, -0.2) is 29.9 Å². The van der Waals surface area contributed by atoms with Crippen LogP contribution in [0.2, 0.25) is 5.02 Å². The first-order valence-electron chi connectivity index (χ1n) is 7.71. The number of benzene rings is 1. The number of amides is 1. The van der Waals surface area contributed by atoms with Gasteiger partial charge in [-0.25, -0.2) is 10.9 Å². The first-order chi connectivity index (χ1) is 10.2. The predicted molar refractivity (Wildman–Crippen MR) is 86.0 cm³/mol. The number of halogens is 1. The second-order valence-corrected chi connectivity index (χ2v) is 5.94. The van der Waals surface area contributed by atoms with Crippen LogP contribution >= 0.6 is 11.6 Å². The number of carbonyl (C=O) groups excluding carboxylic acids is 1. The minimum Gasteiger partial charge on any atom is -0.341 e. The maximum absolute atomic E-state index is 12.6. The molecule has 0 radical (unpaired) electrons. The van der Waals surface area contributed by atoms with Gasteiger partial charge in [0.25, 0.3) is 0 Å². The van der Waals surface area contributed by atoms with Gasteiger partial charge in [0.2, 0.25) is 5.91 Å². The molecule has 0 bridgehead atoms. The second-order valence-electron chi connectivity index (χ2n) is 5.51. The molecule has 4 nitrogen and oxygen atoms in total. The zero-order valence-corrected chi connectivity index (χ0v) is 13.5. The first kappa shape index (κ1) is 16.3. The summed E-state index contributed by atoms with van der Waals surface area (Å²) in [4.78, 5) is 14.5. The van der Waals surface area contributed by atoms with E-state index >= 15 is 0 Å². The fourth-order valence-electron chi connectivity index (χ4n) is 2.72. The third kappa shape index (κ3) is 4.19. The van der Waals surface area contributed by atoms with Gasteiger partial charge in [-0.15, -0.1) is 0 Å². The Morgan fingerprint density at radius 2 is 1.81 bits per heavy atom. The van der Waals surface area contributed by atoms with Gasteiger partial charge < -0.3 is 4.90 Å². The average molecular weight is 310 g/mol. The summed E-state index contributed by atoms with van der Waals surface area (Å²) in [6, 6.07) is 7.78. The van der Waals surface area contributed by atoms with Gasteiger partial charge in [0, 0.05) is 24.2 Å². The SMILES string of the molecule is CCCN(CCC)C(=O)C1CC(c2ccc(Cl)cc2)NN1. The Balaban J connectivity index is 1.97. The van der Waals surface area contributed by atoms with Crippen LogP contribution in [0.1, 0.15) is 44.7 Å². The summed E-state index contributed by atoms with van der Waals surface area (Å²) in [6.45, 7) is 5.87. The molecule has 1 fully saturated rings. The van der Waals surface area contributed by atoms with Crippen molar-refractivity contribution in [1.29, 1.82) is 0 Å². The lowest BCUT2D eigenvalue weighted by atomic mass is 10.0. The van der Waals surface area contributed by atoms with Crippen LogP contribution < -0.4 is 10.9 Å². The lowest BCUT2D eigenvalue weighted by Crippen LogP contribution is -2.46. The Bertz CT molecular complexity index is 457. The minimum atomic E-state index is -0.149. The van der Waals surface area contributed by atoms with Gasteiger partial charge in [0.1, 0.15) is 6.04 Å². The number of nitrogens with zero attached hydrogens (tertiary/aromatic N) is 1. The molecule has 1 aromatic rings. The van der Waals surface area contributed by atoms with E-state index in [2.05, 4.69) is 24.7 Å². The third-order valence-electron chi connectivity index (χ3n) is 3.77. The number of nitrogens with one attached hydrogen (secondary N) is 2. The molecule has 1 aliphatic rings. The van der Waals surface area contributed by atoms with Crippen LogP contribution in [0.25, 0.3) is 0 Å². The summed E-state index contributed by atoms with van der Waals surface area (Å²) in [5.41, 5.74) is 7.52. The number of carbonyl (C=O) groups is 1. The van der Waals surface area contributed by atoms with E-state index in [1.54, 1.807) is 0 Å². The highest BCUT2D eigenvalue weighted by Crippen LogP contribution is 2.24. The smallest absolute Gasteiger partial charge is 0.241 e. The van der Waals surface area contributed by atoms with Gasteiger partial charge in [-0.2, -0.15) is 0 Å². The average Bonchev–Trinajstić information content (AvgIpc) is 2.97. The quantitative estimate of drug-likeness (QED) is 0.849. The summed E-state index contributed by atoms with van der Waals surface area (Å²) in [5.74, 6) is 0.197. The first-order valence-corrected chi connectivity index (χ1v) is 8.08. The van der Waals surface area contributed by atoms with Crippen molar-refractivity contribution in [1.82, 2.24) is 15.8 Å². The van der Waals surface area contributed by atoms with Crippen molar-refractivity contribution in [2.75, 3.05) is 13.1 Å². The van der Waals surface area contributed by atoms with E-state index < -0.39 is 0 Å². The fraction of sp³-hybridized carbons (Fsp3) is 0.562. The maximum Gasteiger partial charge on any atom is 0.241 e. The molecule has 1 aliphatic heterocycles. The molecule has 5 heteroatoms. The number of hydrazine groups is 1. The molecule has 1 saturated heterocycles. The van der Waals surface area contributed by atoms with Crippen molar-refractivity contribution < 1.29 is 4.79 Å². The van der Waals surface area contributed by atoms with Crippen LogP contribution in [0, 0.1) is 0 Å². The molecule has 2 unspecified atom stereocenters. The van der Waals surface area contributed by atoms with Gasteiger partial charge in [-0.1, -0.05) is 37.6 Å². The van der Waals surface area contributed by atoms with Crippen molar-refractivity contribution in [2.45, 2.75) is 45.2 Å². The van der Waals surface area contributed by atoms with Gasteiger partial charge in [0.15, 0.2) is 0 Å². The molecular weight excluding hydrogens is 286 g/mol. The zero-order chi connectivity index (χ0) is 15.2. The topological polar surface area (TPSA) is 44.4 Å². The van der Waals surface area contributed by atoms with Crippen molar-refractivity contribution >= 4 is 17.5 Å². The summed E-state index contributed by atoms with van der Waals surface area (Å²) in [5, 5.41) is 0.731. The standard InChI is InChI=1S/C16H24ClN3O/c1-3-9-20(10-4-2)16(21)15-11-14(18-19-15)12-5-7-13(17)8-6-12/h5-8,14-15,18-19H,3-4,9-11H2,1-2H3. The summed E-state index contributed by atoms with van der Waals surface area (Å²) >= 11 is 5.91. The Morgan fingerprint density at radius 3 is 2.38 bits per heavy atom. The Hall–Kier alpha value is -1.10. The summed E-state index contributed by atoms with van der Waals surface area (Å²) in [6.07, 6.45) is 2.75. The third-order valence-corrected chi connectivity index (χ3v) is 4.02. The van der Waals surface area contributed by atoms with E-state index in [9.17, 15) is 4.79 Å². The monoisotopic (exact) mass is 309 g/mol. The molecule has 0 aliphatic carbocycles.